The van der Waals surface area contributed by atoms with Crippen molar-refractivity contribution in [1.82, 2.24) is 19.9 Å². The molecule has 1 fully saturated rings. The Bertz CT molecular complexity index is 1200. The summed E-state index contributed by atoms with van der Waals surface area (Å²) < 4.78 is 6.45. The fourth-order valence-electron chi connectivity index (χ4n) is 3.18. The van der Waals surface area contributed by atoms with Crippen LogP contribution in [-0.4, -0.2) is 52.1 Å². The van der Waals surface area contributed by atoms with Crippen LogP contribution in [0.25, 0.3) is 21.0 Å². The summed E-state index contributed by atoms with van der Waals surface area (Å²) in [6.07, 6.45) is 3.32. The molecule has 0 saturated carbocycles. The first kappa shape index (κ1) is 19.0. The Morgan fingerprint density at radius 1 is 1.13 bits per heavy atom. The van der Waals surface area contributed by atoms with E-state index in [9.17, 15) is 4.79 Å². The van der Waals surface area contributed by atoms with E-state index in [1.165, 1.54) is 11.3 Å². The highest BCUT2D eigenvalue weighted by atomic mass is 32.1. The molecule has 8 nitrogen and oxygen atoms in total. The number of benzene rings is 1. The maximum absolute atomic E-state index is 12.9. The van der Waals surface area contributed by atoms with Crippen LogP contribution in [0.1, 0.15) is 15.4 Å². The monoisotopic (exact) mass is 438 g/mol. The lowest BCUT2D eigenvalue weighted by molar-refractivity contribution is 0.103. The molecule has 1 amide bonds. The number of nitrogens with one attached hydrogen (secondary N) is 1. The third-order valence-electron chi connectivity index (χ3n) is 4.68. The number of ether oxygens (including phenoxy) is 1. The fraction of sp³-hybridized carbons (Fsp3) is 0.250. The Morgan fingerprint density at radius 2 is 1.93 bits per heavy atom. The second-order valence-corrected chi connectivity index (χ2v) is 8.75. The van der Waals surface area contributed by atoms with Crippen LogP contribution in [0.5, 0.6) is 0 Å². The molecular formula is C20H18N6O2S2. The Kier molecular flexibility index (Phi) is 5.11. The lowest BCUT2D eigenvalue weighted by Gasteiger charge is -2.25. The van der Waals surface area contributed by atoms with E-state index in [-0.39, 0.29) is 5.91 Å². The summed E-state index contributed by atoms with van der Waals surface area (Å²) in [6, 6.07) is 7.53. The average molecular weight is 439 g/mol. The minimum absolute atomic E-state index is 0.190. The van der Waals surface area contributed by atoms with Crippen molar-refractivity contribution in [2.45, 2.75) is 6.92 Å². The van der Waals surface area contributed by atoms with E-state index in [2.05, 4.69) is 25.2 Å². The normalized spacial score (nSPS) is 14.2. The minimum Gasteiger partial charge on any atom is -0.378 e. The third kappa shape index (κ3) is 3.76. The van der Waals surface area contributed by atoms with E-state index in [0.29, 0.717) is 21.4 Å². The van der Waals surface area contributed by atoms with E-state index < -0.39 is 0 Å². The number of nitrogens with zero attached hydrogens (tertiary/aromatic N) is 5. The highest BCUT2D eigenvalue weighted by Gasteiger charge is 2.19. The maximum atomic E-state index is 12.9. The Balaban J connectivity index is 1.36. The standard InChI is InChI=1S/C20H18N6O2S2/c1-12-16(30-19(23-12)17-21-5-2-6-22-17)18(27)24-13-3-4-14-15(11-13)29-20(25-14)26-7-9-28-10-8-26/h2-6,11H,7-10H2,1H3,(H,24,27). The first-order valence-electron chi connectivity index (χ1n) is 9.47. The van der Waals surface area contributed by atoms with Gasteiger partial charge in [-0.25, -0.2) is 19.9 Å². The van der Waals surface area contributed by atoms with E-state index in [1.807, 2.05) is 25.1 Å². The summed E-state index contributed by atoms with van der Waals surface area (Å²) in [5.41, 5.74) is 2.32. The number of aromatic nitrogens is 4. The fourth-order valence-corrected chi connectivity index (χ4v) is 5.15. The Hall–Kier alpha value is -2.95. The molecule has 1 aliphatic rings. The molecule has 1 aromatic carbocycles. The van der Waals surface area contributed by atoms with Crippen molar-refractivity contribution in [3.8, 4) is 10.8 Å². The molecule has 0 atom stereocenters. The average Bonchev–Trinajstić information content (AvgIpc) is 3.38. The van der Waals surface area contributed by atoms with Crippen molar-refractivity contribution in [1.29, 1.82) is 0 Å². The molecule has 0 radical (unpaired) electrons. The molecule has 10 heteroatoms. The molecule has 1 aliphatic heterocycles. The summed E-state index contributed by atoms with van der Waals surface area (Å²) >= 11 is 2.92. The van der Waals surface area contributed by atoms with Crippen molar-refractivity contribution < 1.29 is 9.53 Å². The van der Waals surface area contributed by atoms with Gasteiger partial charge in [0.25, 0.3) is 5.91 Å². The highest BCUT2D eigenvalue weighted by molar-refractivity contribution is 7.22. The van der Waals surface area contributed by atoms with Gasteiger partial charge in [0.2, 0.25) is 0 Å². The van der Waals surface area contributed by atoms with E-state index in [4.69, 9.17) is 9.72 Å². The molecule has 5 rings (SSSR count). The molecule has 1 saturated heterocycles. The van der Waals surface area contributed by atoms with Gasteiger partial charge in [-0.3, -0.25) is 4.79 Å². The third-order valence-corrected chi connectivity index (χ3v) is 6.91. The van der Waals surface area contributed by atoms with Gasteiger partial charge < -0.3 is 15.0 Å². The molecule has 152 valence electrons. The molecule has 0 unspecified atom stereocenters. The molecular weight excluding hydrogens is 420 g/mol. The van der Waals surface area contributed by atoms with Crippen LogP contribution in [0.2, 0.25) is 0 Å². The Morgan fingerprint density at radius 3 is 2.73 bits per heavy atom. The first-order chi connectivity index (χ1) is 14.7. The van der Waals surface area contributed by atoms with Crippen LogP contribution < -0.4 is 10.2 Å². The predicted molar refractivity (Wildman–Crippen MR) is 118 cm³/mol. The van der Waals surface area contributed by atoms with Gasteiger partial charge in [-0.05, 0) is 31.2 Å². The molecule has 0 aliphatic carbocycles. The lowest BCUT2D eigenvalue weighted by Crippen LogP contribution is -2.36. The van der Waals surface area contributed by atoms with Gasteiger partial charge in [-0.2, -0.15) is 0 Å². The van der Waals surface area contributed by atoms with Gasteiger partial charge in [0.05, 0.1) is 29.1 Å². The number of rotatable bonds is 4. The number of amides is 1. The summed E-state index contributed by atoms with van der Waals surface area (Å²) in [5.74, 6) is 0.329. The number of carbonyl (C=O) groups excluding carboxylic acids is 1. The zero-order chi connectivity index (χ0) is 20.5. The maximum Gasteiger partial charge on any atom is 0.267 e. The smallest absolute Gasteiger partial charge is 0.267 e. The van der Waals surface area contributed by atoms with Crippen molar-refractivity contribution >= 4 is 49.6 Å². The first-order valence-corrected chi connectivity index (χ1v) is 11.1. The number of fused-ring (bicyclic) bond motifs is 1. The lowest BCUT2D eigenvalue weighted by atomic mass is 10.3. The van der Waals surface area contributed by atoms with Crippen LogP contribution in [-0.2, 0) is 4.74 Å². The van der Waals surface area contributed by atoms with Crippen LogP contribution in [0.15, 0.2) is 36.7 Å². The number of aryl methyl sites for hydroxylation is 1. The molecule has 0 spiro atoms. The van der Waals surface area contributed by atoms with Gasteiger partial charge in [0, 0.05) is 31.2 Å². The summed E-state index contributed by atoms with van der Waals surface area (Å²) in [4.78, 5) is 33.2. The Labute approximate surface area is 180 Å². The summed E-state index contributed by atoms with van der Waals surface area (Å²) in [5, 5.41) is 4.60. The number of anilines is 2. The van der Waals surface area contributed by atoms with E-state index in [0.717, 1.165) is 47.3 Å². The van der Waals surface area contributed by atoms with Crippen molar-refractivity contribution in [2.75, 3.05) is 36.5 Å². The number of hydrogen-bond acceptors (Lipinski definition) is 9. The highest BCUT2D eigenvalue weighted by Crippen LogP contribution is 2.32. The van der Waals surface area contributed by atoms with Gasteiger partial charge in [-0.1, -0.05) is 11.3 Å². The van der Waals surface area contributed by atoms with E-state index >= 15 is 0 Å². The van der Waals surface area contributed by atoms with Gasteiger partial charge in [0.15, 0.2) is 16.0 Å². The van der Waals surface area contributed by atoms with Crippen LogP contribution in [0, 0.1) is 6.92 Å². The number of thiazole rings is 2. The topological polar surface area (TPSA) is 93.1 Å². The van der Waals surface area contributed by atoms with Crippen LogP contribution >= 0.6 is 22.7 Å². The van der Waals surface area contributed by atoms with Crippen LogP contribution in [0.3, 0.4) is 0 Å². The second kappa shape index (κ2) is 8.05. The van der Waals surface area contributed by atoms with Crippen molar-refractivity contribution in [2.24, 2.45) is 0 Å². The van der Waals surface area contributed by atoms with Crippen molar-refractivity contribution in [3.63, 3.8) is 0 Å². The molecule has 30 heavy (non-hydrogen) atoms. The number of morpholine rings is 1. The zero-order valence-electron chi connectivity index (χ0n) is 16.2. The van der Waals surface area contributed by atoms with Crippen molar-refractivity contribution in [3.05, 3.63) is 47.2 Å². The summed E-state index contributed by atoms with van der Waals surface area (Å²) in [7, 11) is 0. The molecule has 3 aromatic heterocycles. The predicted octanol–water partition coefficient (Wildman–Crippen LogP) is 3.61. The van der Waals surface area contributed by atoms with E-state index in [1.54, 1.807) is 29.8 Å². The number of carbonyl (C=O) groups is 1. The molecule has 1 N–H and O–H groups in total. The second-order valence-electron chi connectivity index (χ2n) is 6.74. The minimum atomic E-state index is -0.190. The zero-order valence-corrected chi connectivity index (χ0v) is 17.8. The SMILES string of the molecule is Cc1nc(-c2ncccn2)sc1C(=O)Nc1ccc2nc(N3CCOCC3)sc2c1. The van der Waals surface area contributed by atoms with Gasteiger partial charge in [-0.15, -0.1) is 11.3 Å². The van der Waals surface area contributed by atoms with Crippen LogP contribution in [0.4, 0.5) is 10.8 Å². The summed E-state index contributed by atoms with van der Waals surface area (Å²) in [6.45, 7) is 4.96. The molecule has 4 aromatic rings. The number of hydrogen-bond donors (Lipinski definition) is 1. The quantitative estimate of drug-likeness (QED) is 0.520. The molecule has 4 heterocycles. The van der Waals surface area contributed by atoms with Gasteiger partial charge in [0.1, 0.15) is 4.88 Å². The van der Waals surface area contributed by atoms with Gasteiger partial charge >= 0.3 is 0 Å². The largest absolute Gasteiger partial charge is 0.378 e. The molecule has 0 bridgehead atoms.